The summed E-state index contributed by atoms with van der Waals surface area (Å²) in [6.45, 7) is 7.64. The molecule has 0 aliphatic carbocycles. The minimum atomic E-state index is -0.0899. The molecule has 25 heavy (non-hydrogen) atoms. The Labute approximate surface area is 150 Å². The number of hydrogen-bond donors (Lipinski definition) is 1. The number of rotatable bonds is 9. The number of amides is 1. The highest BCUT2D eigenvalue weighted by atomic mass is 16.5. The molecule has 2 rings (SSSR count). The van der Waals surface area contributed by atoms with Gasteiger partial charge in [0.15, 0.2) is 11.5 Å². The van der Waals surface area contributed by atoms with Crippen LogP contribution in [0.1, 0.15) is 41.8 Å². The smallest absolute Gasteiger partial charge is 0.251 e. The molecule has 1 N–H and O–H groups in total. The molecule has 0 aliphatic rings. The summed E-state index contributed by atoms with van der Waals surface area (Å²) in [5.74, 6) is 1.19. The van der Waals surface area contributed by atoms with E-state index in [0.717, 1.165) is 12.8 Å². The van der Waals surface area contributed by atoms with Crippen molar-refractivity contribution in [2.75, 3.05) is 19.8 Å². The summed E-state index contributed by atoms with van der Waals surface area (Å²) < 4.78 is 11.1. The Balaban J connectivity index is 1.87. The highest BCUT2D eigenvalue weighted by molar-refractivity contribution is 5.94. The molecule has 0 spiro atoms. The van der Waals surface area contributed by atoms with E-state index >= 15 is 0 Å². The van der Waals surface area contributed by atoms with Gasteiger partial charge >= 0.3 is 0 Å². The monoisotopic (exact) mass is 341 g/mol. The Bertz CT molecular complexity index is 680. The number of nitrogens with one attached hydrogen (secondary N) is 1. The third kappa shape index (κ3) is 5.82. The number of carbonyl (C=O) groups is 1. The Hall–Kier alpha value is -2.49. The van der Waals surface area contributed by atoms with Crippen LogP contribution in [0.4, 0.5) is 0 Å². The van der Waals surface area contributed by atoms with E-state index in [1.807, 2.05) is 13.8 Å². The van der Waals surface area contributed by atoms with E-state index in [1.54, 1.807) is 18.2 Å². The van der Waals surface area contributed by atoms with Crippen LogP contribution < -0.4 is 14.8 Å². The fraction of sp³-hybridized carbons (Fsp3) is 0.381. The molecule has 1 amide bonds. The van der Waals surface area contributed by atoms with Gasteiger partial charge < -0.3 is 14.8 Å². The summed E-state index contributed by atoms with van der Waals surface area (Å²) in [6, 6.07) is 13.8. The number of carbonyl (C=O) groups excluding carboxylic acids is 1. The molecule has 0 aromatic heterocycles. The van der Waals surface area contributed by atoms with Crippen LogP contribution in [-0.2, 0) is 6.42 Å². The predicted molar refractivity (Wildman–Crippen MR) is 101 cm³/mol. The number of benzene rings is 2. The Morgan fingerprint density at radius 2 is 1.64 bits per heavy atom. The number of ether oxygens (including phenoxy) is 2. The highest BCUT2D eigenvalue weighted by Crippen LogP contribution is 2.28. The molecule has 4 nitrogen and oxygen atoms in total. The van der Waals surface area contributed by atoms with E-state index in [4.69, 9.17) is 9.47 Å². The van der Waals surface area contributed by atoms with Gasteiger partial charge in [-0.1, -0.05) is 29.8 Å². The summed E-state index contributed by atoms with van der Waals surface area (Å²) in [7, 11) is 0. The van der Waals surface area contributed by atoms with Gasteiger partial charge in [-0.05, 0) is 57.4 Å². The second kappa shape index (κ2) is 9.72. The third-order valence-corrected chi connectivity index (χ3v) is 3.85. The van der Waals surface area contributed by atoms with Crippen LogP contribution in [0.15, 0.2) is 42.5 Å². The zero-order valence-corrected chi connectivity index (χ0v) is 15.3. The van der Waals surface area contributed by atoms with Gasteiger partial charge in [-0.2, -0.15) is 0 Å². The second-order valence-corrected chi connectivity index (χ2v) is 5.87. The van der Waals surface area contributed by atoms with E-state index in [-0.39, 0.29) is 5.91 Å². The fourth-order valence-corrected chi connectivity index (χ4v) is 2.54. The van der Waals surface area contributed by atoms with Crippen molar-refractivity contribution in [1.29, 1.82) is 0 Å². The van der Waals surface area contributed by atoms with E-state index in [1.165, 1.54) is 11.1 Å². The minimum Gasteiger partial charge on any atom is -0.490 e. The average molecular weight is 341 g/mol. The fourth-order valence-electron chi connectivity index (χ4n) is 2.54. The van der Waals surface area contributed by atoms with E-state index in [0.29, 0.717) is 36.8 Å². The maximum atomic E-state index is 12.3. The largest absolute Gasteiger partial charge is 0.490 e. The zero-order valence-electron chi connectivity index (χ0n) is 15.3. The molecule has 4 heteroatoms. The van der Waals surface area contributed by atoms with Crippen molar-refractivity contribution in [2.45, 2.75) is 33.6 Å². The van der Waals surface area contributed by atoms with E-state index in [2.05, 4.69) is 36.5 Å². The van der Waals surface area contributed by atoms with Gasteiger partial charge in [0.2, 0.25) is 0 Å². The molecule has 0 saturated carbocycles. The molecule has 0 unspecified atom stereocenters. The standard InChI is InChI=1S/C21H27NO3/c1-4-24-19-13-12-18(15-20(19)25-5-2)21(23)22-14-6-7-17-10-8-16(3)9-11-17/h8-13,15H,4-7,14H2,1-3H3,(H,22,23). The summed E-state index contributed by atoms with van der Waals surface area (Å²) in [4.78, 5) is 12.3. The van der Waals surface area contributed by atoms with Gasteiger partial charge in [-0.3, -0.25) is 4.79 Å². The zero-order chi connectivity index (χ0) is 18.1. The summed E-state index contributed by atoms with van der Waals surface area (Å²) in [5.41, 5.74) is 3.14. The molecule has 0 atom stereocenters. The van der Waals surface area contributed by atoms with Crippen molar-refractivity contribution in [3.05, 3.63) is 59.2 Å². The molecule has 2 aromatic rings. The van der Waals surface area contributed by atoms with Crippen LogP contribution >= 0.6 is 0 Å². The Kier molecular flexibility index (Phi) is 7.33. The van der Waals surface area contributed by atoms with Crippen LogP contribution in [0.2, 0.25) is 0 Å². The van der Waals surface area contributed by atoms with Gasteiger partial charge in [0, 0.05) is 12.1 Å². The van der Waals surface area contributed by atoms with Crippen LogP contribution in [0, 0.1) is 6.92 Å². The molecule has 0 fully saturated rings. The summed E-state index contributed by atoms with van der Waals surface area (Å²) >= 11 is 0. The predicted octanol–water partition coefficient (Wildman–Crippen LogP) is 4.16. The lowest BCUT2D eigenvalue weighted by atomic mass is 10.1. The lowest BCUT2D eigenvalue weighted by Crippen LogP contribution is -2.24. The normalized spacial score (nSPS) is 10.4. The first-order valence-electron chi connectivity index (χ1n) is 8.87. The van der Waals surface area contributed by atoms with Crippen molar-refractivity contribution in [3.8, 4) is 11.5 Å². The van der Waals surface area contributed by atoms with Gasteiger partial charge in [-0.25, -0.2) is 0 Å². The third-order valence-electron chi connectivity index (χ3n) is 3.85. The van der Waals surface area contributed by atoms with Crippen molar-refractivity contribution >= 4 is 5.91 Å². The SMILES string of the molecule is CCOc1ccc(C(=O)NCCCc2ccc(C)cc2)cc1OCC. The molecule has 0 aliphatic heterocycles. The van der Waals surface area contributed by atoms with Crippen LogP contribution in [0.5, 0.6) is 11.5 Å². The van der Waals surface area contributed by atoms with Gasteiger partial charge in [0.25, 0.3) is 5.91 Å². The molecule has 0 saturated heterocycles. The highest BCUT2D eigenvalue weighted by Gasteiger charge is 2.11. The maximum absolute atomic E-state index is 12.3. The molecular formula is C21H27NO3. The molecule has 2 aromatic carbocycles. The maximum Gasteiger partial charge on any atom is 0.251 e. The van der Waals surface area contributed by atoms with Crippen molar-refractivity contribution in [1.82, 2.24) is 5.32 Å². The molecular weight excluding hydrogens is 314 g/mol. The van der Waals surface area contributed by atoms with Crippen molar-refractivity contribution in [2.24, 2.45) is 0 Å². The van der Waals surface area contributed by atoms with Crippen LogP contribution in [0.3, 0.4) is 0 Å². The first-order valence-corrected chi connectivity index (χ1v) is 8.87. The molecule has 0 bridgehead atoms. The molecule has 134 valence electrons. The first kappa shape index (κ1) is 18.8. The Morgan fingerprint density at radius 1 is 0.960 bits per heavy atom. The lowest BCUT2D eigenvalue weighted by Gasteiger charge is -2.12. The molecule has 0 heterocycles. The average Bonchev–Trinajstić information content (AvgIpc) is 2.62. The lowest BCUT2D eigenvalue weighted by molar-refractivity contribution is 0.0952. The first-order chi connectivity index (χ1) is 12.1. The van der Waals surface area contributed by atoms with Crippen LogP contribution in [0.25, 0.3) is 0 Å². The second-order valence-electron chi connectivity index (χ2n) is 5.87. The van der Waals surface area contributed by atoms with Gasteiger partial charge in [-0.15, -0.1) is 0 Å². The van der Waals surface area contributed by atoms with E-state index in [9.17, 15) is 4.79 Å². The Morgan fingerprint density at radius 3 is 2.32 bits per heavy atom. The van der Waals surface area contributed by atoms with Gasteiger partial charge in [0.1, 0.15) is 0 Å². The van der Waals surface area contributed by atoms with Crippen LogP contribution in [-0.4, -0.2) is 25.7 Å². The topological polar surface area (TPSA) is 47.6 Å². The van der Waals surface area contributed by atoms with Crippen molar-refractivity contribution in [3.63, 3.8) is 0 Å². The number of aryl methyl sites for hydroxylation is 2. The van der Waals surface area contributed by atoms with E-state index < -0.39 is 0 Å². The van der Waals surface area contributed by atoms with Crippen molar-refractivity contribution < 1.29 is 14.3 Å². The number of hydrogen-bond acceptors (Lipinski definition) is 3. The summed E-state index contributed by atoms with van der Waals surface area (Å²) in [5, 5.41) is 2.97. The minimum absolute atomic E-state index is 0.0899. The molecule has 0 radical (unpaired) electrons. The quantitative estimate of drug-likeness (QED) is 0.697. The summed E-state index contributed by atoms with van der Waals surface area (Å²) in [6.07, 6.45) is 1.86. The van der Waals surface area contributed by atoms with Gasteiger partial charge in [0.05, 0.1) is 13.2 Å².